The number of amides is 3. The average Bonchev–Trinajstić information content (AvgIpc) is 3.28. The monoisotopic (exact) mass is 928 g/mol. The van der Waals surface area contributed by atoms with Gasteiger partial charge in [0.2, 0.25) is 0 Å². The maximum Gasteiger partial charge on any atom is 0.411 e. The highest BCUT2D eigenvalue weighted by atomic mass is 16.6. The average molecular weight is 928 g/mol. The molecule has 3 saturated carbocycles. The van der Waals surface area contributed by atoms with Gasteiger partial charge in [-0.1, -0.05) is 130 Å². The van der Waals surface area contributed by atoms with Crippen molar-refractivity contribution in [2.75, 3.05) is 16.0 Å². The summed E-state index contributed by atoms with van der Waals surface area (Å²) in [5.74, 6) is 4.06. The van der Waals surface area contributed by atoms with Crippen LogP contribution in [0, 0.1) is 53.3 Å². The number of rotatable bonds is 14. The van der Waals surface area contributed by atoms with E-state index in [-0.39, 0.29) is 18.3 Å². The molecule has 3 aromatic carbocycles. The Morgan fingerprint density at radius 1 is 0.471 bits per heavy atom. The Labute approximate surface area is 408 Å². The van der Waals surface area contributed by atoms with Gasteiger partial charge in [0.05, 0.1) is 0 Å². The topological polar surface area (TPSA) is 115 Å². The third-order valence-electron chi connectivity index (χ3n) is 15.2. The van der Waals surface area contributed by atoms with Crippen LogP contribution in [0.15, 0.2) is 91.0 Å². The molecule has 9 heteroatoms. The van der Waals surface area contributed by atoms with Crippen LogP contribution in [0.2, 0.25) is 0 Å². The number of benzene rings is 3. The zero-order valence-corrected chi connectivity index (χ0v) is 42.9. The molecule has 9 nitrogen and oxygen atoms in total. The molecule has 0 aromatic heterocycles. The van der Waals surface area contributed by atoms with Gasteiger partial charge in [0.15, 0.2) is 0 Å². The van der Waals surface area contributed by atoms with Crippen LogP contribution in [0.4, 0.5) is 31.4 Å². The van der Waals surface area contributed by atoms with Crippen molar-refractivity contribution in [1.82, 2.24) is 0 Å². The van der Waals surface area contributed by atoms with E-state index >= 15 is 0 Å². The van der Waals surface area contributed by atoms with Gasteiger partial charge in [0, 0.05) is 17.1 Å². The number of nitrogens with one attached hydrogen (secondary N) is 3. The van der Waals surface area contributed by atoms with Gasteiger partial charge in [0.1, 0.15) is 18.3 Å². The van der Waals surface area contributed by atoms with Crippen molar-refractivity contribution < 1.29 is 28.6 Å². The molecule has 3 aromatic rings. The van der Waals surface area contributed by atoms with Crippen molar-refractivity contribution in [3.63, 3.8) is 0 Å². The van der Waals surface area contributed by atoms with Gasteiger partial charge >= 0.3 is 18.3 Å². The van der Waals surface area contributed by atoms with Gasteiger partial charge in [-0.05, 0) is 182 Å². The van der Waals surface area contributed by atoms with Gasteiger partial charge in [-0.3, -0.25) is 16.0 Å². The summed E-state index contributed by atoms with van der Waals surface area (Å²) in [4.78, 5) is 39.5. The molecule has 3 fully saturated rings. The lowest BCUT2D eigenvalue weighted by molar-refractivity contribution is 0.0121. The van der Waals surface area contributed by atoms with E-state index in [1.165, 1.54) is 19.3 Å². The summed E-state index contributed by atoms with van der Waals surface area (Å²) < 4.78 is 18.1. The number of carbonyl (C=O) groups is 3. The van der Waals surface area contributed by atoms with E-state index in [0.717, 1.165) is 71.9 Å². The summed E-state index contributed by atoms with van der Waals surface area (Å²) in [5.41, 5.74) is 7.93. The maximum absolute atomic E-state index is 13.2. The summed E-state index contributed by atoms with van der Waals surface area (Å²) in [5, 5.41) is 8.93. The van der Waals surface area contributed by atoms with Crippen molar-refractivity contribution >= 4 is 52.1 Å². The predicted molar refractivity (Wildman–Crippen MR) is 280 cm³/mol. The molecular weight excluding hydrogens is 847 g/mol. The fraction of sp³-hybridized carbons (Fsp3) is 0.542. The highest BCUT2D eigenvalue weighted by Gasteiger charge is 2.36. The summed E-state index contributed by atoms with van der Waals surface area (Å²) in [6.07, 6.45) is 14.3. The Bertz CT molecular complexity index is 2220. The molecule has 0 unspecified atom stereocenters. The van der Waals surface area contributed by atoms with E-state index in [9.17, 15) is 14.4 Å². The molecule has 6 rings (SSSR count). The van der Waals surface area contributed by atoms with Crippen molar-refractivity contribution in [2.24, 2.45) is 53.3 Å². The zero-order chi connectivity index (χ0) is 49.1. The number of anilines is 3. The zero-order valence-electron chi connectivity index (χ0n) is 42.9. The predicted octanol–water partition coefficient (Wildman–Crippen LogP) is 16.3. The standard InChI is InChI=1S/C59H81N3O6/c1-12-43(45-18-24-49(25-19-45)61-58(64)67-55-32-40(9)14-29-52(55)37(4)5)35-47(46-20-26-50(27-21-46)62-59(65)68-56-33-41(10)15-30-53(56)38(6)7)34-42(11)44-16-22-48(23-17-44)60-57(63)66-54-31-39(8)13-28-51(54)36(2)3/h12,16-27,34-41,51-56H,13-15,28-33H2,1-11H3,(H,60,63)(H,61,64)(H,62,65)/b42-34+,43-12-,47-35+/t39-,40-,41-,51+,52+,53+,54-,55-,56-/m1/s1. The van der Waals surface area contributed by atoms with Crippen molar-refractivity contribution in [2.45, 2.75) is 152 Å². The number of allylic oxidation sites excluding steroid dienone is 6. The minimum atomic E-state index is -0.422. The third kappa shape index (κ3) is 14.6. The largest absolute Gasteiger partial charge is 0.446 e. The minimum absolute atomic E-state index is 0.0802. The van der Waals surface area contributed by atoms with Gasteiger partial charge in [-0.15, -0.1) is 0 Å². The van der Waals surface area contributed by atoms with Gasteiger partial charge in [-0.2, -0.15) is 0 Å². The van der Waals surface area contributed by atoms with E-state index in [4.69, 9.17) is 14.2 Å². The molecule has 0 aliphatic heterocycles. The summed E-state index contributed by atoms with van der Waals surface area (Å²) >= 11 is 0. The fourth-order valence-electron chi connectivity index (χ4n) is 10.9. The van der Waals surface area contributed by atoms with E-state index in [1.807, 2.05) is 79.7 Å². The number of ether oxygens (including phenoxy) is 3. The lowest BCUT2D eigenvalue weighted by Gasteiger charge is -2.36. The highest BCUT2D eigenvalue weighted by Crippen LogP contribution is 2.38. The molecule has 3 aliphatic carbocycles. The lowest BCUT2D eigenvalue weighted by Crippen LogP contribution is -2.36. The molecule has 0 radical (unpaired) electrons. The smallest absolute Gasteiger partial charge is 0.411 e. The van der Waals surface area contributed by atoms with Gasteiger partial charge in [0.25, 0.3) is 0 Å². The molecule has 368 valence electrons. The van der Waals surface area contributed by atoms with Crippen LogP contribution in [0.1, 0.15) is 151 Å². The molecule has 68 heavy (non-hydrogen) atoms. The first-order chi connectivity index (χ1) is 32.5. The first-order valence-electron chi connectivity index (χ1n) is 25.8. The van der Waals surface area contributed by atoms with Crippen LogP contribution in [0.3, 0.4) is 0 Å². The van der Waals surface area contributed by atoms with Crippen molar-refractivity contribution in [3.05, 3.63) is 108 Å². The second-order valence-electron chi connectivity index (χ2n) is 21.6. The van der Waals surface area contributed by atoms with Crippen LogP contribution >= 0.6 is 0 Å². The van der Waals surface area contributed by atoms with Gasteiger partial charge < -0.3 is 14.2 Å². The maximum atomic E-state index is 13.2. The van der Waals surface area contributed by atoms with Crippen LogP contribution in [-0.4, -0.2) is 36.6 Å². The van der Waals surface area contributed by atoms with Crippen LogP contribution in [-0.2, 0) is 14.2 Å². The van der Waals surface area contributed by atoms with Crippen LogP contribution < -0.4 is 16.0 Å². The van der Waals surface area contributed by atoms with Gasteiger partial charge in [-0.25, -0.2) is 14.4 Å². The Morgan fingerprint density at radius 2 is 0.779 bits per heavy atom. The Balaban J connectivity index is 1.20. The quantitative estimate of drug-likeness (QED) is 0.110. The van der Waals surface area contributed by atoms with E-state index in [0.29, 0.717) is 70.3 Å². The number of hydrogen-bond acceptors (Lipinski definition) is 6. The molecule has 3 amide bonds. The molecule has 9 atom stereocenters. The highest BCUT2D eigenvalue weighted by molar-refractivity contribution is 5.93. The van der Waals surface area contributed by atoms with E-state index in [2.05, 4.69) is 103 Å². The first kappa shape index (κ1) is 52.1. The SMILES string of the molecule is C/C=C(/C=C(\C=C(/C)c1ccc(NC(=O)O[C@@H]2C[C@H](C)CC[C@H]2C(C)C)cc1)c1ccc(NC(=O)O[C@@H]2C[C@H](C)CC[C@H]2C(C)C)cc1)c1ccc(NC(=O)O[C@@H]2C[C@H](C)CC[C@H]2C(C)C)cc1. The minimum Gasteiger partial charge on any atom is -0.446 e. The fourth-order valence-corrected chi connectivity index (χ4v) is 10.9. The number of hydrogen-bond donors (Lipinski definition) is 3. The molecule has 0 spiro atoms. The van der Waals surface area contributed by atoms with Crippen molar-refractivity contribution in [1.29, 1.82) is 0 Å². The molecule has 0 heterocycles. The Hall–Kier alpha value is -5.31. The third-order valence-corrected chi connectivity index (χ3v) is 15.2. The van der Waals surface area contributed by atoms with Crippen LogP contribution in [0.5, 0.6) is 0 Å². The van der Waals surface area contributed by atoms with Crippen LogP contribution in [0.25, 0.3) is 16.7 Å². The second kappa shape index (κ2) is 24.3. The Kier molecular flexibility index (Phi) is 18.6. The summed E-state index contributed by atoms with van der Waals surface area (Å²) in [6, 6.07) is 23.6. The molecule has 0 bridgehead atoms. The lowest BCUT2D eigenvalue weighted by atomic mass is 9.75. The summed E-state index contributed by atoms with van der Waals surface area (Å²) in [7, 11) is 0. The number of carbonyl (C=O) groups excluding carboxylic acids is 3. The van der Waals surface area contributed by atoms with Crippen molar-refractivity contribution in [3.8, 4) is 0 Å². The molecular formula is C59H81N3O6. The van der Waals surface area contributed by atoms with E-state index < -0.39 is 18.3 Å². The second-order valence-corrected chi connectivity index (χ2v) is 21.6. The molecule has 0 saturated heterocycles. The Morgan fingerprint density at radius 3 is 1.09 bits per heavy atom. The molecule has 3 N–H and O–H groups in total. The summed E-state index contributed by atoms with van der Waals surface area (Å²) in [6.45, 7) is 24.1. The normalized spacial score (nSPS) is 26.0. The van der Waals surface area contributed by atoms with E-state index in [1.54, 1.807) is 0 Å². The first-order valence-corrected chi connectivity index (χ1v) is 25.8. The molecule has 3 aliphatic rings.